The lowest BCUT2D eigenvalue weighted by Gasteiger charge is -2.01. The van der Waals surface area contributed by atoms with Gasteiger partial charge in [0.2, 0.25) is 0 Å². The summed E-state index contributed by atoms with van der Waals surface area (Å²) in [7, 11) is -4.01. The molecule has 17 heavy (non-hydrogen) atoms. The number of pyridine rings is 2. The van der Waals surface area contributed by atoms with E-state index in [1.54, 1.807) is 24.4 Å². The van der Waals surface area contributed by atoms with Crippen molar-refractivity contribution in [2.75, 3.05) is 0 Å². The first-order chi connectivity index (χ1) is 8.04. The normalized spacial score (nSPS) is 11.4. The predicted octanol–water partition coefficient (Wildman–Crippen LogP) is 1.53. The molecule has 2 aromatic rings. The Labute approximate surface area is 98.9 Å². The fraction of sp³-hybridized carbons (Fsp3) is 0.0909. The highest BCUT2D eigenvalue weighted by atomic mass is 32.2. The van der Waals surface area contributed by atoms with Gasteiger partial charge in [-0.3, -0.25) is 14.5 Å². The predicted molar refractivity (Wildman–Crippen MR) is 62.7 cm³/mol. The molecule has 0 fully saturated rings. The van der Waals surface area contributed by atoms with Gasteiger partial charge in [-0.1, -0.05) is 12.1 Å². The first-order valence-electron chi connectivity index (χ1n) is 4.86. The van der Waals surface area contributed by atoms with Gasteiger partial charge in [0.15, 0.2) is 0 Å². The zero-order valence-corrected chi connectivity index (χ0v) is 9.63. The SMILES string of the molecule is O=S(=O)(O)Cc1ccc(-c2ccccn2)nc1. The zero-order valence-electron chi connectivity index (χ0n) is 8.81. The van der Waals surface area contributed by atoms with Crippen LogP contribution in [0.1, 0.15) is 5.56 Å². The van der Waals surface area contributed by atoms with Crippen molar-refractivity contribution in [3.05, 3.63) is 48.3 Å². The van der Waals surface area contributed by atoms with Crippen molar-refractivity contribution in [3.8, 4) is 11.4 Å². The lowest BCUT2D eigenvalue weighted by molar-refractivity contribution is 0.482. The van der Waals surface area contributed by atoms with E-state index in [9.17, 15) is 8.42 Å². The summed E-state index contributed by atoms with van der Waals surface area (Å²) in [4.78, 5) is 8.22. The van der Waals surface area contributed by atoms with E-state index in [1.165, 1.54) is 6.20 Å². The van der Waals surface area contributed by atoms with Gasteiger partial charge in [-0.15, -0.1) is 0 Å². The van der Waals surface area contributed by atoms with Gasteiger partial charge in [0.05, 0.1) is 11.4 Å². The molecule has 6 heteroatoms. The molecule has 2 rings (SSSR count). The summed E-state index contributed by atoms with van der Waals surface area (Å²) >= 11 is 0. The maximum absolute atomic E-state index is 10.7. The van der Waals surface area contributed by atoms with Gasteiger partial charge in [0, 0.05) is 12.4 Å². The van der Waals surface area contributed by atoms with Gasteiger partial charge in [-0.2, -0.15) is 8.42 Å². The fourth-order valence-corrected chi connectivity index (χ4v) is 1.98. The Hall–Kier alpha value is -1.79. The maximum atomic E-state index is 10.7. The van der Waals surface area contributed by atoms with E-state index < -0.39 is 15.9 Å². The fourth-order valence-electron chi connectivity index (χ4n) is 1.39. The van der Waals surface area contributed by atoms with Gasteiger partial charge < -0.3 is 0 Å². The minimum atomic E-state index is -4.01. The molecule has 0 aliphatic rings. The molecule has 2 heterocycles. The molecule has 0 atom stereocenters. The second-order valence-corrected chi connectivity index (χ2v) is 4.95. The lowest BCUT2D eigenvalue weighted by Crippen LogP contribution is -2.02. The monoisotopic (exact) mass is 250 g/mol. The molecule has 0 aliphatic carbocycles. The van der Waals surface area contributed by atoms with Crippen LogP contribution in [0.2, 0.25) is 0 Å². The van der Waals surface area contributed by atoms with Gasteiger partial charge >= 0.3 is 0 Å². The zero-order chi connectivity index (χ0) is 12.3. The first-order valence-corrected chi connectivity index (χ1v) is 6.47. The van der Waals surface area contributed by atoms with Crippen LogP contribution in [0.5, 0.6) is 0 Å². The molecule has 0 saturated carbocycles. The molecule has 0 spiro atoms. The Morgan fingerprint density at radius 3 is 2.35 bits per heavy atom. The molecule has 88 valence electrons. The summed E-state index contributed by atoms with van der Waals surface area (Å²) < 4.78 is 30.0. The number of nitrogens with zero attached hydrogens (tertiary/aromatic N) is 2. The molecule has 0 saturated heterocycles. The molecule has 0 aromatic carbocycles. The third-order valence-electron chi connectivity index (χ3n) is 2.10. The van der Waals surface area contributed by atoms with E-state index in [0.29, 0.717) is 17.0 Å². The van der Waals surface area contributed by atoms with Crippen molar-refractivity contribution in [2.45, 2.75) is 5.75 Å². The smallest absolute Gasteiger partial charge is 0.269 e. The van der Waals surface area contributed by atoms with Crippen LogP contribution in [-0.4, -0.2) is 22.9 Å². The van der Waals surface area contributed by atoms with E-state index in [2.05, 4.69) is 9.97 Å². The van der Waals surface area contributed by atoms with Gasteiger partial charge in [0.1, 0.15) is 5.75 Å². The summed E-state index contributed by atoms with van der Waals surface area (Å²) in [6, 6.07) is 8.73. The Balaban J connectivity index is 2.25. The summed E-state index contributed by atoms with van der Waals surface area (Å²) in [6.07, 6.45) is 3.07. The van der Waals surface area contributed by atoms with Crippen molar-refractivity contribution >= 4 is 10.1 Å². The summed E-state index contributed by atoms with van der Waals surface area (Å²) in [5.41, 5.74) is 1.81. The Morgan fingerprint density at radius 2 is 1.82 bits per heavy atom. The van der Waals surface area contributed by atoms with Crippen molar-refractivity contribution in [2.24, 2.45) is 0 Å². The first kappa shape index (κ1) is 11.7. The van der Waals surface area contributed by atoms with Crippen LogP contribution in [-0.2, 0) is 15.9 Å². The molecule has 5 nitrogen and oxygen atoms in total. The Kier molecular flexibility index (Phi) is 3.16. The van der Waals surface area contributed by atoms with E-state index in [-0.39, 0.29) is 0 Å². The number of rotatable bonds is 3. The third-order valence-corrected chi connectivity index (χ3v) is 2.80. The maximum Gasteiger partial charge on any atom is 0.269 e. The molecule has 0 unspecified atom stereocenters. The van der Waals surface area contributed by atoms with Gasteiger partial charge in [0.25, 0.3) is 10.1 Å². The minimum absolute atomic E-state index is 0.428. The molecule has 0 bridgehead atoms. The van der Waals surface area contributed by atoms with Crippen LogP contribution in [0, 0.1) is 0 Å². The summed E-state index contributed by atoms with van der Waals surface area (Å²) in [5.74, 6) is -0.428. The molecule has 0 aliphatic heterocycles. The molecular weight excluding hydrogens is 240 g/mol. The molecule has 2 aromatic heterocycles. The topological polar surface area (TPSA) is 80.2 Å². The van der Waals surface area contributed by atoms with Crippen molar-refractivity contribution < 1.29 is 13.0 Å². The highest BCUT2D eigenvalue weighted by Gasteiger charge is 2.07. The number of aromatic nitrogens is 2. The minimum Gasteiger partial charge on any atom is -0.285 e. The average molecular weight is 250 g/mol. The molecule has 0 amide bonds. The number of hydrogen-bond acceptors (Lipinski definition) is 4. The largest absolute Gasteiger partial charge is 0.285 e. The summed E-state index contributed by atoms with van der Waals surface area (Å²) in [6.45, 7) is 0. The van der Waals surface area contributed by atoms with Crippen LogP contribution >= 0.6 is 0 Å². The lowest BCUT2D eigenvalue weighted by atomic mass is 10.2. The summed E-state index contributed by atoms with van der Waals surface area (Å²) in [5, 5.41) is 0. The van der Waals surface area contributed by atoms with Crippen molar-refractivity contribution in [1.29, 1.82) is 0 Å². The molecule has 1 N–H and O–H groups in total. The molecule has 0 radical (unpaired) electrons. The van der Waals surface area contributed by atoms with Crippen LogP contribution in [0.4, 0.5) is 0 Å². The van der Waals surface area contributed by atoms with Crippen LogP contribution in [0.25, 0.3) is 11.4 Å². The van der Waals surface area contributed by atoms with Crippen molar-refractivity contribution in [3.63, 3.8) is 0 Å². The van der Waals surface area contributed by atoms with E-state index in [4.69, 9.17) is 4.55 Å². The van der Waals surface area contributed by atoms with Crippen molar-refractivity contribution in [1.82, 2.24) is 9.97 Å². The second-order valence-electron chi connectivity index (χ2n) is 3.49. The third kappa shape index (κ3) is 3.33. The standard InChI is InChI=1S/C11H10N2O3S/c14-17(15,16)8-9-4-5-11(13-7-9)10-3-1-2-6-12-10/h1-7H,8H2,(H,14,15,16). The van der Waals surface area contributed by atoms with E-state index >= 15 is 0 Å². The Morgan fingerprint density at radius 1 is 1.06 bits per heavy atom. The second kappa shape index (κ2) is 4.60. The van der Waals surface area contributed by atoms with E-state index in [1.807, 2.05) is 12.1 Å². The highest BCUT2D eigenvalue weighted by molar-refractivity contribution is 7.85. The van der Waals surface area contributed by atoms with Gasteiger partial charge in [-0.05, 0) is 23.8 Å². The average Bonchev–Trinajstić information content (AvgIpc) is 2.29. The van der Waals surface area contributed by atoms with Crippen LogP contribution in [0.3, 0.4) is 0 Å². The van der Waals surface area contributed by atoms with E-state index in [0.717, 1.165) is 0 Å². The highest BCUT2D eigenvalue weighted by Crippen LogP contribution is 2.14. The quantitative estimate of drug-likeness (QED) is 0.835. The molecular formula is C11H10N2O3S. The van der Waals surface area contributed by atoms with Crippen LogP contribution in [0.15, 0.2) is 42.7 Å². The Bertz CT molecular complexity index is 594. The number of hydrogen-bond donors (Lipinski definition) is 1. The van der Waals surface area contributed by atoms with Gasteiger partial charge in [-0.25, -0.2) is 0 Å². The van der Waals surface area contributed by atoms with Crippen LogP contribution < -0.4 is 0 Å².